The summed E-state index contributed by atoms with van der Waals surface area (Å²) in [5, 5.41) is 0. The quantitative estimate of drug-likeness (QED) is 0.138. The molecule has 0 unspecified atom stereocenters. The van der Waals surface area contributed by atoms with Crippen LogP contribution in [0.25, 0.3) is 0 Å². The van der Waals surface area contributed by atoms with E-state index in [1.165, 1.54) is 44.1 Å². The van der Waals surface area contributed by atoms with Gasteiger partial charge in [-0.1, -0.05) is 176 Å². The van der Waals surface area contributed by atoms with E-state index >= 15 is 0 Å². The van der Waals surface area contributed by atoms with E-state index in [0.29, 0.717) is 42.7 Å². The molecule has 6 heteroatoms. The topological polar surface area (TPSA) is 43.5 Å². The predicted molar refractivity (Wildman–Crippen MR) is 224 cm³/mol. The standard InChI is InChI=1S/C8H16.C8H10.2C6H12O2.2C5H10.2C2H8Si/c2*1-2-8-6-4-3-5-7-8;2*1-5(2)3-7-6-4-8-6;2*1-4-5(2)3;2*1-3-2/h8H,2-7H2,1H3;3-7H,2H2,1H3;2*5-6H,3-4H2,1-2H3;2*4-5H,1H2,2-3H3;2*3H2,1-2H3/t;;2*6-;;;;/m..11..../s1. The van der Waals surface area contributed by atoms with E-state index in [9.17, 15) is 0 Å². The summed E-state index contributed by atoms with van der Waals surface area (Å²) in [7, 11) is 0.833. The first-order valence-electron chi connectivity index (χ1n) is 19.6. The molecule has 0 aromatic heterocycles. The van der Waals surface area contributed by atoms with E-state index in [2.05, 4.69) is 133 Å². The number of hydrogen-bond donors (Lipinski definition) is 0. The second kappa shape index (κ2) is 42.1. The molecule has 2 aliphatic heterocycles. The fraction of sp³-hybridized carbons (Fsp3) is 0.762. The molecule has 4 nitrogen and oxygen atoms in total. The zero-order valence-corrected chi connectivity index (χ0v) is 37.7. The lowest BCUT2D eigenvalue weighted by atomic mass is 9.88. The van der Waals surface area contributed by atoms with E-state index in [-0.39, 0.29) is 12.6 Å². The second-order valence-corrected chi connectivity index (χ2v) is 16.9. The highest BCUT2D eigenvalue weighted by Crippen LogP contribution is 2.25. The molecule has 2 atom stereocenters. The number of allylic oxidation sites excluding steroid dienone is 2. The van der Waals surface area contributed by atoms with Crippen molar-refractivity contribution < 1.29 is 18.9 Å². The minimum atomic E-state index is 0.136. The molecule has 0 spiro atoms. The minimum Gasteiger partial charge on any atom is -0.350 e. The van der Waals surface area contributed by atoms with E-state index in [1.54, 1.807) is 0 Å². The Labute approximate surface area is 307 Å². The fourth-order valence-corrected chi connectivity index (χ4v) is 3.18. The molecular weight excluding hydrogens is 625 g/mol. The Balaban J connectivity index is -0.000000236. The first kappa shape index (κ1) is 53.8. The normalized spacial score (nSPS) is 16.9. The van der Waals surface area contributed by atoms with Crippen molar-refractivity contribution in [1.82, 2.24) is 0 Å². The summed E-state index contributed by atoms with van der Waals surface area (Å²) in [5.74, 6) is 3.63. The molecule has 4 rings (SSSR count). The first-order chi connectivity index (χ1) is 22.8. The van der Waals surface area contributed by atoms with E-state index in [0.717, 1.165) is 38.8 Å². The summed E-state index contributed by atoms with van der Waals surface area (Å²) in [4.78, 5) is 0. The van der Waals surface area contributed by atoms with Crippen molar-refractivity contribution in [3.63, 3.8) is 0 Å². The van der Waals surface area contributed by atoms with Crippen LogP contribution >= 0.6 is 0 Å². The molecule has 1 aromatic carbocycles. The van der Waals surface area contributed by atoms with Crippen LogP contribution in [0.15, 0.2) is 55.6 Å². The van der Waals surface area contributed by atoms with Gasteiger partial charge in [0.2, 0.25) is 0 Å². The molecule has 0 radical (unpaired) electrons. The molecule has 0 amide bonds. The second-order valence-electron chi connectivity index (χ2n) is 14.1. The lowest BCUT2D eigenvalue weighted by Crippen LogP contribution is -2.03. The van der Waals surface area contributed by atoms with Crippen molar-refractivity contribution >= 4 is 19.0 Å². The Hall–Kier alpha value is -1.03. The molecule has 3 fully saturated rings. The molecule has 3 aliphatic rings. The van der Waals surface area contributed by atoms with Crippen LogP contribution in [0.1, 0.15) is 113 Å². The fourth-order valence-electron chi connectivity index (χ4n) is 3.18. The lowest BCUT2D eigenvalue weighted by Gasteiger charge is -2.18. The van der Waals surface area contributed by atoms with Gasteiger partial charge >= 0.3 is 0 Å². The maximum absolute atomic E-state index is 5.19. The van der Waals surface area contributed by atoms with Gasteiger partial charge in [-0.25, -0.2) is 0 Å². The van der Waals surface area contributed by atoms with Crippen LogP contribution < -0.4 is 0 Å². The summed E-state index contributed by atoms with van der Waals surface area (Å²) < 4.78 is 20.1. The molecule has 286 valence electrons. The molecule has 1 aliphatic carbocycles. The Morgan fingerprint density at radius 2 is 1.02 bits per heavy atom. The van der Waals surface area contributed by atoms with Gasteiger partial charge in [-0.2, -0.15) is 0 Å². The third-order valence-corrected chi connectivity index (χ3v) is 6.33. The van der Waals surface area contributed by atoms with E-state index in [1.807, 2.05) is 18.2 Å². The van der Waals surface area contributed by atoms with E-state index in [4.69, 9.17) is 18.9 Å². The van der Waals surface area contributed by atoms with Crippen LogP contribution in [0, 0.1) is 29.6 Å². The molecule has 1 saturated carbocycles. The minimum absolute atomic E-state index is 0.136. The van der Waals surface area contributed by atoms with Gasteiger partial charge in [0.05, 0.1) is 13.2 Å². The average molecular weight is 711 g/mol. The van der Waals surface area contributed by atoms with Gasteiger partial charge in [0.1, 0.15) is 13.2 Å². The van der Waals surface area contributed by atoms with Crippen molar-refractivity contribution in [2.45, 2.75) is 153 Å². The summed E-state index contributed by atoms with van der Waals surface area (Å²) in [6.07, 6.45) is 14.2. The maximum Gasteiger partial charge on any atom is 0.181 e. The van der Waals surface area contributed by atoms with Crippen LogP contribution in [-0.4, -0.2) is 58.0 Å². The SMILES string of the molecule is C=CC(C)C.C=CC(C)C.CC(C)CO[C@H]1CO1.CC(C)CO[C@H]1CO1.CCC1CCCCC1.CCc1ccccc1.C[SiH2]C.C[SiH2]C. The molecule has 48 heavy (non-hydrogen) atoms. The smallest absolute Gasteiger partial charge is 0.181 e. The van der Waals surface area contributed by atoms with Gasteiger partial charge in [0.15, 0.2) is 12.6 Å². The summed E-state index contributed by atoms with van der Waals surface area (Å²) in [5.41, 5.74) is 1.41. The van der Waals surface area contributed by atoms with Crippen LogP contribution in [-0.2, 0) is 25.4 Å². The Kier molecular flexibility index (Phi) is 47.2. The maximum atomic E-state index is 5.19. The van der Waals surface area contributed by atoms with Crippen molar-refractivity contribution in [2.24, 2.45) is 29.6 Å². The summed E-state index contributed by atoms with van der Waals surface area (Å²) >= 11 is 0. The van der Waals surface area contributed by atoms with Crippen molar-refractivity contribution in [1.29, 1.82) is 0 Å². The van der Waals surface area contributed by atoms with Gasteiger partial charge in [0.25, 0.3) is 0 Å². The molecule has 0 N–H and O–H groups in total. The van der Waals surface area contributed by atoms with Gasteiger partial charge in [-0.15, -0.1) is 13.2 Å². The molecular formula is C42H86O4Si2. The molecule has 0 bridgehead atoms. The van der Waals surface area contributed by atoms with Crippen LogP contribution in [0.4, 0.5) is 0 Å². The van der Waals surface area contributed by atoms with E-state index < -0.39 is 0 Å². The number of rotatable bonds is 10. The third-order valence-electron chi connectivity index (χ3n) is 6.33. The average Bonchev–Trinajstić information content (AvgIpc) is 4.02. The van der Waals surface area contributed by atoms with Crippen LogP contribution in [0.3, 0.4) is 0 Å². The molecule has 1 aromatic rings. The van der Waals surface area contributed by atoms with Gasteiger partial charge < -0.3 is 18.9 Å². The third kappa shape index (κ3) is 57.3. The summed E-state index contributed by atoms with van der Waals surface area (Å²) in [6, 6.07) is 10.5. The van der Waals surface area contributed by atoms with Gasteiger partial charge in [-0.05, 0) is 41.6 Å². The Morgan fingerprint density at radius 1 is 0.688 bits per heavy atom. The monoisotopic (exact) mass is 711 g/mol. The molecule has 2 heterocycles. The van der Waals surface area contributed by atoms with Crippen LogP contribution in [0.2, 0.25) is 26.2 Å². The van der Waals surface area contributed by atoms with Gasteiger partial charge in [-0.3, -0.25) is 0 Å². The lowest BCUT2D eigenvalue weighted by molar-refractivity contribution is 0.0342. The van der Waals surface area contributed by atoms with Crippen LogP contribution in [0.5, 0.6) is 0 Å². The first-order valence-corrected chi connectivity index (χ1v) is 25.2. The largest absolute Gasteiger partial charge is 0.350 e. The Bertz CT molecular complexity index is 688. The Morgan fingerprint density at radius 3 is 1.21 bits per heavy atom. The van der Waals surface area contributed by atoms with Gasteiger partial charge in [0, 0.05) is 19.0 Å². The summed E-state index contributed by atoms with van der Waals surface area (Å²) in [6.45, 7) is 40.8. The number of hydrogen-bond acceptors (Lipinski definition) is 4. The highest BCUT2D eigenvalue weighted by molar-refractivity contribution is 6.31. The predicted octanol–water partition coefficient (Wildman–Crippen LogP) is 11.4. The van der Waals surface area contributed by atoms with Crippen molar-refractivity contribution in [2.75, 3.05) is 26.4 Å². The number of benzene rings is 1. The zero-order valence-electron chi connectivity index (χ0n) is 34.8. The highest BCUT2D eigenvalue weighted by Gasteiger charge is 2.23. The number of ether oxygens (including phenoxy) is 4. The van der Waals surface area contributed by atoms with Crippen molar-refractivity contribution in [3.05, 3.63) is 61.2 Å². The zero-order chi connectivity index (χ0) is 37.6. The highest BCUT2D eigenvalue weighted by atomic mass is 28.2. The molecule has 2 saturated heterocycles. The number of epoxide rings is 2. The van der Waals surface area contributed by atoms with Crippen molar-refractivity contribution in [3.8, 4) is 0 Å². The number of aryl methyl sites for hydroxylation is 1.